The molecule has 3 aliphatic rings. The summed E-state index contributed by atoms with van der Waals surface area (Å²) in [6.07, 6.45) is 13.7. The molecule has 3 atom stereocenters. The highest BCUT2D eigenvalue weighted by atomic mass is 32.3. The summed E-state index contributed by atoms with van der Waals surface area (Å²) in [6, 6.07) is -2.54. The molecule has 3 rings (SSSR count). The minimum Gasteiger partial charge on any atom is -0.444 e. The normalized spacial score (nSPS) is 21.3. The fraction of sp³-hybridized carbons (Fsp3) is 0.912. The standard InChI is InChI=1S/C18H30N4O9S.C16H36N/c1-18(2,3)30-17(25)20-9-5-4-6-13(20)11-29-19-15(23)14-8-7-12-10-21(14)16(24)22(12)31-32(26,27)28;1-5-9-13-17(14-10-6-2,15-11-7-3)16-12-8-4/h12-14H,4-11H2,1-3H3,(H,19,23)(H,26,27,28);5-16H2,1-4H3/q;+1/t12-,13?,14+;/m1./s1. The van der Waals surface area contributed by atoms with Gasteiger partial charge < -0.3 is 19.0 Å². The third-order valence-corrected chi connectivity index (χ3v) is 9.80. The van der Waals surface area contributed by atoms with E-state index in [0.717, 1.165) is 12.8 Å². The number of hydrogen-bond acceptors (Lipinski definition) is 8. The molecule has 286 valence electrons. The van der Waals surface area contributed by atoms with Crippen molar-refractivity contribution in [1.82, 2.24) is 20.3 Å². The van der Waals surface area contributed by atoms with Crippen molar-refractivity contribution in [3.05, 3.63) is 0 Å². The van der Waals surface area contributed by atoms with Crippen LogP contribution >= 0.6 is 0 Å². The van der Waals surface area contributed by atoms with Crippen molar-refractivity contribution < 1.29 is 45.7 Å². The maximum absolute atomic E-state index is 12.6. The lowest BCUT2D eigenvalue weighted by Gasteiger charge is -2.39. The Kier molecular flexibility index (Phi) is 18.1. The zero-order valence-electron chi connectivity index (χ0n) is 31.3. The highest BCUT2D eigenvalue weighted by molar-refractivity contribution is 7.80. The largest absolute Gasteiger partial charge is 0.444 e. The second kappa shape index (κ2) is 20.6. The van der Waals surface area contributed by atoms with Crippen LogP contribution in [0, 0.1) is 0 Å². The molecule has 0 radical (unpaired) electrons. The van der Waals surface area contributed by atoms with Crippen molar-refractivity contribution in [1.29, 1.82) is 0 Å². The van der Waals surface area contributed by atoms with Crippen molar-refractivity contribution >= 4 is 28.4 Å². The van der Waals surface area contributed by atoms with Gasteiger partial charge in [-0.05, 0) is 78.6 Å². The third kappa shape index (κ3) is 14.5. The first-order valence-electron chi connectivity index (χ1n) is 18.6. The monoisotopic (exact) mass is 720 g/mol. The van der Waals surface area contributed by atoms with Crippen molar-refractivity contribution in [3.63, 3.8) is 0 Å². The molecule has 3 saturated heterocycles. The van der Waals surface area contributed by atoms with Gasteiger partial charge in [0.2, 0.25) is 0 Å². The van der Waals surface area contributed by atoms with E-state index in [2.05, 4.69) is 37.5 Å². The van der Waals surface area contributed by atoms with Crippen LogP contribution in [0.25, 0.3) is 0 Å². The minimum absolute atomic E-state index is 0.0618. The quantitative estimate of drug-likeness (QED) is 0.101. The number of carbonyl (C=O) groups is 3. The van der Waals surface area contributed by atoms with Crippen LogP contribution in [0.4, 0.5) is 9.59 Å². The number of carbonyl (C=O) groups excluding carboxylic acids is 3. The van der Waals surface area contributed by atoms with Crippen LogP contribution in [0.3, 0.4) is 0 Å². The highest BCUT2D eigenvalue weighted by Gasteiger charge is 2.49. The van der Waals surface area contributed by atoms with Gasteiger partial charge in [0.15, 0.2) is 0 Å². The number of piperidine rings is 2. The topological polar surface area (TPSA) is 155 Å². The molecule has 3 heterocycles. The smallest absolute Gasteiger partial charge is 0.418 e. The zero-order valence-corrected chi connectivity index (χ0v) is 32.1. The molecule has 2 bridgehead atoms. The average Bonchev–Trinajstić information content (AvgIpc) is 3.27. The number of hydrogen-bond donors (Lipinski definition) is 2. The second-order valence-corrected chi connectivity index (χ2v) is 15.8. The predicted octanol–water partition coefficient (Wildman–Crippen LogP) is 5.83. The number of unbranched alkanes of at least 4 members (excludes halogenated alkanes) is 4. The molecule has 15 heteroatoms. The van der Waals surface area contributed by atoms with E-state index in [1.54, 1.807) is 25.7 Å². The van der Waals surface area contributed by atoms with Crippen molar-refractivity contribution in [2.24, 2.45) is 0 Å². The van der Waals surface area contributed by atoms with E-state index < -0.39 is 46.1 Å². The molecule has 3 aliphatic heterocycles. The average molecular weight is 721 g/mol. The van der Waals surface area contributed by atoms with Gasteiger partial charge in [0.25, 0.3) is 5.91 Å². The van der Waals surface area contributed by atoms with Crippen LogP contribution in [-0.4, -0.2) is 120 Å². The minimum atomic E-state index is -4.86. The van der Waals surface area contributed by atoms with Gasteiger partial charge in [0, 0.05) is 13.1 Å². The summed E-state index contributed by atoms with van der Waals surface area (Å²) >= 11 is 0. The Labute approximate surface area is 295 Å². The summed E-state index contributed by atoms with van der Waals surface area (Å²) in [5.41, 5.74) is 1.71. The lowest BCUT2D eigenvalue weighted by Crippen LogP contribution is -2.52. The van der Waals surface area contributed by atoms with E-state index >= 15 is 0 Å². The number of ether oxygens (including phenoxy) is 1. The number of quaternary nitrogens is 1. The number of rotatable bonds is 18. The maximum atomic E-state index is 12.6. The van der Waals surface area contributed by atoms with Gasteiger partial charge in [0.1, 0.15) is 11.6 Å². The molecular formula is C34H66N5O9S+. The molecule has 0 aromatic heterocycles. The van der Waals surface area contributed by atoms with E-state index in [1.807, 2.05) is 0 Å². The van der Waals surface area contributed by atoms with Gasteiger partial charge >= 0.3 is 22.5 Å². The summed E-state index contributed by atoms with van der Waals surface area (Å²) in [5, 5.41) is 0.574. The third-order valence-electron chi connectivity index (χ3n) is 9.45. The Morgan fingerprint density at radius 1 is 0.898 bits per heavy atom. The number of amides is 4. The molecule has 1 unspecified atom stereocenters. The molecule has 0 aromatic rings. The van der Waals surface area contributed by atoms with Gasteiger partial charge in [0.05, 0.1) is 44.9 Å². The van der Waals surface area contributed by atoms with Gasteiger partial charge in [-0.15, -0.1) is 4.28 Å². The Balaban J connectivity index is 0.000000417. The number of urea groups is 1. The Hall–Kier alpha value is -2.20. The summed E-state index contributed by atoms with van der Waals surface area (Å²) in [7, 11) is -4.86. The second-order valence-electron chi connectivity index (χ2n) is 14.8. The first kappa shape index (κ1) is 43.0. The van der Waals surface area contributed by atoms with Crippen LogP contribution in [0.2, 0.25) is 0 Å². The molecule has 2 N–H and O–H groups in total. The molecule has 0 saturated carbocycles. The van der Waals surface area contributed by atoms with E-state index in [1.165, 1.54) is 86.9 Å². The van der Waals surface area contributed by atoms with E-state index in [0.29, 0.717) is 24.4 Å². The first-order valence-corrected chi connectivity index (χ1v) is 20.0. The van der Waals surface area contributed by atoms with Crippen LogP contribution in [0.15, 0.2) is 0 Å². The fourth-order valence-electron chi connectivity index (χ4n) is 6.76. The van der Waals surface area contributed by atoms with Crippen molar-refractivity contribution in [2.75, 3.05) is 45.9 Å². The number of nitrogens with one attached hydrogen (secondary N) is 1. The first-order chi connectivity index (χ1) is 23.1. The molecule has 0 aromatic carbocycles. The zero-order chi connectivity index (χ0) is 36.7. The Morgan fingerprint density at radius 2 is 1.45 bits per heavy atom. The van der Waals surface area contributed by atoms with Crippen LogP contribution < -0.4 is 5.48 Å². The lowest BCUT2D eigenvalue weighted by atomic mass is 10.0. The number of likely N-dealkylation sites (tertiary alicyclic amines) is 1. The fourth-order valence-corrected chi connectivity index (χ4v) is 7.15. The maximum Gasteiger partial charge on any atom is 0.418 e. The highest BCUT2D eigenvalue weighted by Crippen LogP contribution is 2.31. The molecule has 0 spiro atoms. The Bertz CT molecular complexity index is 1100. The van der Waals surface area contributed by atoms with Gasteiger partial charge in [-0.2, -0.15) is 13.5 Å². The SMILES string of the molecule is CC(C)(C)OC(=O)N1CCCCC1CONC(=O)[C@@H]1CC[C@@H]2CN1C(=O)N2OS(=O)(=O)O.CCCC[N+](CCCC)(CCCC)CCCC. The summed E-state index contributed by atoms with van der Waals surface area (Å²) in [4.78, 5) is 45.6. The molecule has 3 fully saturated rings. The molecule has 0 aliphatic carbocycles. The Morgan fingerprint density at radius 3 is 1.94 bits per heavy atom. The summed E-state index contributed by atoms with van der Waals surface area (Å²) in [6.45, 7) is 21.1. The summed E-state index contributed by atoms with van der Waals surface area (Å²) < 4.78 is 42.0. The predicted molar refractivity (Wildman–Crippen MR) is 187 cm³/mol. The molecular weight excluding hydrogens is 654 g/mol. The van der Waals surface area contributed by atoms with Crippen LogP contribution in [-0.2, 0) is 29.1 Å². The van der Waals surface area contributed by atoms with Crippen molar-refractivity contribution in [3.8, 4) is 0 Å². The van der Waals surface area contributed by atoms with Crippen molar-refractivity contribution in [2.45, 2.75) is 156 Å². The summed E-state index contributed by atoms with van der Waals surface area (Å²) in [5.74, 6) is -0.565. The van der Waals surface area contributed by atoms with Gasteiger partial charge in [-0.1, -0.05) is 53.4 Å². The number of nitrogens with zero attached hydrogens (tertiary/aromatic N) is 4. The van der Waals surface area contributed by atoms with E-state index in [4.69, 9.17) is 14.1 Å². The number of fused-ring (bicyclic) bond motifs is 2. The van der Waals surface area contributed by atoms with E-state index in [9.17, 15) is 22.8 Å². The molecule has 4 amide bonds. The van der Waals surface area contributed by atoms with Gasteiger partial charge in [-0.3, -0.25) is 14.2 Å². The van der Waals surface area contributed by atoms with E-state index in [-0.39, 0.29) is 25.6 Å². The van der Waals surface area contributed by atoms with Crippen LogP contribution in [0.5, 0.6) is 0 Å². The molecule has 14 nitrogen and oxygen atoms in total. The van der Waals surface area contributed by atoms with Gasteiger partial charge in [-0.25, -0.2) is 15.1 Å². The molecule has 49 heavy (non-hydrogen) atoms. The van der Waals surface area contributed by atoms with Crippen LogP contribution in [0.1, 0.15) is 132 Å². The lowest BCUT2D eigenvalue weighted by molar-refractivity contribution is -0.929. The number of hydroxylamine groups is 3.